The Bertz CT molecular complexity index is 396. The van der Waals surface area contributed by atoms with Crippen molar-refractivity contribution in [1.29, 1.82) is 0 Å². The molecule has 0 radical (unpaired) electrons. The summed E-state index contributed by atoms with van der Waals surface area (Å²) in [7, 11) is 0. The van der Waals surface area contributed by atoms with Gasteiger partial charge in [-0.05, 0) is 57.4 Å². The fraction of sp³-hybridized carbons (Fsp3) is 0.938. The van der Waals surface area contributed by atoms with Gasteiger partial charge in [-0.25, -0.2) is 0 Å². The maximum atomic E-state index is 12.2. The third-order valence-electron chi connectivity index (χ3n) is 6.58. The zero-order valence-corrected chi connectivity index (χ0v) is 12.1. The molecule has 0 unspecified atom stereocenters. The quantitative estimate of drug-likeness (QED) is 0.668. The van der Waals surface area contributed by atoms with Gasteiger partial charge < -0.3 is 4.90 Å². The molecular formula is C16H26N2O. The molecule has 4 fully saturated rings. The first kappa shape index (κ1) is 12.2. The Labute approximate surface area is 116 Å². The second kappa shape index (κ2) is 4.21. The first-order chi connectivity index (χ1) is 9.18. The molecule has 19 heavy (non-hydrogen) atoms. The van der Waals surface area contributed by atoms with Gasteiger partial charge in [-0.2, -0.15) is 0 Å². The number of hydrogen-bond acceptors (Lipinski definition) is 2. The van der Waals surface area contributed by atoms with Gasteiger partial charge >= 0.3 is 0 Å². The molecule has 4 rings (SSSR count). The van der Waals surface area contributed by atoms with Gasteiger partial charge in [0.05, 0.1) is 0 Å². The Kier molecular flexibility index (Phi) is 2.70. The van der Waals surface area contributed by atoms with Gasteiger partial charge in [-0.3, -0.25) is 9.69 Å². The van der Waals surface area contributed by atoms with Gasteiger partial charge in [0.15, 0.2) is 0 Å². The van der Waals surface area contributed by atoms with Gasteiger partial charge in [0.25, 0.3) is 0 Å². The number of rotatable bonds is 0. The minimum absolute atomic E-state index is 0.386. The molecule has 0 spiro atoms. The third-order valence-corrected chi connectivity index (χ3v) is 6.58. The number of amides is 1. The SMILES string of the molecule is C[C@]12CCCCN1C[C@H]1C[C@@H]2CN2C(=O)CCC[C@@H]12. The molecular weight excluding hydrogens is 236 g/mol. The van der Waals surface area contributed by atoms with E-state index in [1.807, 2.05) is 0 Å². The lowest BCUT2D eigenvalue weighted by Gasteiger charge is -2.61. The smallest absolute Gasteiger partial charge is 0.222 e. The molecule has 0 saturated carbocycles. The average Bonchev–Trinajstić information content (AvgIpc) is 2.41. The Morgan fingerprint density at radius 2 is 2.11 bits per heavy atom. The maximum Gasteiger partial charge on any atom is 0.222 e. The van der Waals surface area contributed by atoms with Gasteiger partial charge in [0.2, 0.25) is 5.91 Å². The molecule has 4 aliphatic rings. The molecule has 0 N–H and O–H groups in total. The summed E-state index contributed by atoms with van der Waals surface area (Å²) in [6.45, 7) is 6.07. The van der Waals surface area contributed by atoms with E-state index in [0.29, 0.717) is 17.5 Å². The highest BCUT2D eigenvalue weighted by atomic mass is 16.2. The predicted molar refractivity (Wildman–Crippen MR) is 74.8 cm³/mol. The summed E-state index contributed by atoms with van der Waals surface area (Å²) in [4.78, 5) is 17.3. The van der Waals surface area contributed by atoms with Crippen LogP contribution in [0.25, 0.3) is 0 Å². The molecule has 0 aromatic rings. The summed E-state index contributed by atoms with van der Waals surface area (Å²) >= 11 is 0. The van der Waals surface area contributed by atoms with Gasteiger partial charge in [-0.1, -0.05) is 6.42 Å². The van der Waals surface area contributed by atoms with E-state index in [0.717, 1.165) is 31.2 Å². The predicted octanol–water partition coefficient (Wildman–Crippen LogP) is 2.26. The molecule has 4 aliphatic heterocycles. The second-order valence-corrected chi connectivity index (χ2v) is 7.46. The van der Waals surface area contributed by atoms with Crippen LogP contribution < -0.4 is 0 Å². The number of piperidine rings is 4. The van der Waals surface area contributed by atoms with Crippen molar-refractivity contribution >= 4 is 5.91 Å². The van der Waals surface area contributed by atoms with Crippen LogP contribution in [0.15, 0.2) is 0 Å². The number of fused-ring (bicyclic) bond motifs is 6. The van der Waals surface area contributed by atoms with Gasteiger partial charge in [-0.15, -0.1) is 0 Å². The maximum absolute atomic E-state index is 12.2. The van der Waals surface area contributed by atoms with Crippen molar-refractivity contribution in [3.8, 4) is 0 Å². The Morgan fingerprint density at radius 1 is 1.21 bits per heavy atom. The van der Waals surface area contributed by atoms with E-state index in [1.165, 1.54) is 45.2 Å². The lowest BCUT2D eigenvalue weighted by Crippen LogP contribution is -2.69. The fourth-order valence-corrected chi connectivity index (χ4v) is 5.40. The highest BCUT2D eigenvalue weighted by molar-refractivity contribution is 5.77. The Balaban J connectivity index is 1.64. The third kappa shape index (κ3) is 1.70. The molecule has 4 saturated heterocycles. The van der Waals surface area contributed by atoms with E-state index in [-0.39, 0.29) is 0 Å². The van der Waals surface area contributed by atoms with Crippen molar-refractivity contribution in [3.05, 3.63) is 0 Å². The molecule has 1 amide bonds. The van der Waals surface area contributed by atoms with E-state index >= 15 is 0 Å². The molecule has 106 valence electrons. The number of carbonyl (C=O) groups excluding carboxylic acids is 1. The van der Waals surface area contributed by atoms with Crippen LogP contribution in [-0.2, 0) is 4.79 Å². The highest BCUT2D eigenvalue weighted by Gasteiger charge is 2.53. The van der Waals surface area contributed by atoms with Crippen molar-refractivity contribution < 1.29 is 4.79 Å². The van der Waals surface area contributed by atoms with Crippen molar-refractivity contribution in [3.63, 3.8) is 0 Å². The van der Waals surface area contributed by atoms with E-state index in [2.05, 4.69) is 16.7 Å². The minimum Gasteiger partial charge on any atom is -0.339 e. The fourth-order valence-electron chi connectivity index (χ4n) is 5.40. The number of hydrogen-bond donors (Lipinski definition) is 0. The van der Waals surface area contributed by atoms with Crippen LogP contribution in [0.1, 0.15) is 51.9 Å². The van der Waals surface area contributed by atoms with E-state index < -0.39 is 0 Å². The molecule has 2 bridgehead atoms. The van der Waals surface area contributed by atoms with Crippen LogP contribution >= 0.6 is 0 Å². The van der Waals surface area contributed by atoms with Crippen LogP contribution in [0.4, 0.5) is 0 Å². The summed E-state index contributed by atoms with van der Waals surface area (Å²) in [5, 5.41) is 0. The summed E-state index contributed by atoms with van der Waals surface area (Å²) in [6, 6.07) is 0.573. The largest absolute Gasteiger partial charge is 0.339 e. The van der Waals surface area contributed by atoms with Gasteiger partial charge in [0, 0.05) is 31.1 Å². The van der Waals surface area contributed by atoms with Crippen molar-refractivity contribution in [2.45, 2.75) is 63.5 Å². The monoisotopic (exact) mass is 262 g/mol. The van der Waals surface area contributed by atoms with Crippen LogP contribution in [0.3, 0.4) is 0 Å². The Hall–Kier alpha value is -0.570. The highest BCUT2D eigenvalue weighted by Crippen LogP contribution is 2.48. The molecule has 0 aromatic heterocycles. The zero-order chi connectivity index (χ0) is 13.0. The summed E-state index contributed by atoms with van der Waals surface area (Å²) in [5.41, 5.74) is 0.386. The van der Waals surface area contributed by atoms with E-state index in [4.69, 9.17) is 0 Å². The summed E-state index contributed by atoms with van der Waals surface area (Å²) < 4.78 is 0. The molecule has 0 aromatic carbocycles. The standard InChI is InChI=1S/C16H26N2O/c1-16-7-2-3-8-17(16)10-12-9-13(16)11-18-14(12)5-4-6-15(18)19/h12-14H,2-11H2,1H3/t12-,13-,14+,16-/m1/s1. The van der Waals surface area contributed by atoms with Crippen molar-refractivity contribution in [1.82, 2.24) is 9.80 Å². The average molecular weight is 262 g/mol. The van der Waals surface area contributed by atoms with E-state index in [1.54, 1.807) is 0 Å². The number of nitrogens with zero attached hydrogens (tertiary/aromatic N) is 2. The summed E-state index contributed by atoms with van der Waals surface area (Å²) in [5.74, 6) is 1.93. The molecule has 3 nitrogen and oxygen atoms in total. The summed E-state index contributed by atoms with van der Waals surface area (Å²) in [6.07, 6.45) is 8.66. The lowest BCUT2D eigenvalue weighted by molar-refractivity contribution is -0.156. The Morgan fingerprint density at radius 3 is 3.00 bits per heavy atom. The molecule has 4 atom stereocenters. The van der Waals surface area contributed by atoms with Crippen LogP contribution in [0.2, 0.25) is 0 Å². The zero-order valence-electron chi connectivity index (χ0n) is 12.1. The molecule has 4 heterocycles. The lowest BCUT2D eigenvalue weighted by atomic mass is 9.64. The van der Waals surface area contributed by atoms with Crippen LogP contribution in [0.5, 0.6) is 0 Å². The van der Waals surface area contributed by atoms with Crippen LogP contribution in [-0.4, -0.2) is 46.9 Å². The van der Waals surface area contributed by atoms with E-state index in [9.17, 15) is 4.79 Å². The number of carbonyl (C=O) groups is 1. The minimum atomic E-state index is 0.386. The topological polar surface area (TPSA) is 23.6 Å². The molecule has 3 heteroatoms. The first-order valence-electron chi connectivity index (χ1n) is 8.23. The first-order valence-corrected chi connectivity index (χ1v) is 8.23. The van der Waals surface area contributed by atoms with Gasteiger partial charge in [0.1, 0.15) is 0 Å². The second-order valence-electron chi connectivity index (χ2n) is 7.46. The van der Waals surface area contributed by atoms with Crippen molar-refractivity contribution in [2.24, 2.45) is 11.8 Å². The molecule has 0 aliphatic carbocycles. The normalized spacial score (nSPS) is 46.7. The van der Waals surface area contributed by atoms with Crippen LogP contribution in [0, 0.1) is 11.8 Å². The van der Waals surface area contributed by atoms with Crippen molar-refractivity contribution in [2.75, 3.05) is 19.6 Å².